The van der Waals surface area contributed by atoms with Gasteiger partial charge in [-0.3, -0.25) is 0 Å². The third kappa shape index (κ3) is 7.66. The van der Waals surface area contributed by atoms with E-state index in [1.807, 2.05) is 0 Å². The lowest BCUT2D eigenvalue weighted by Gasteiger charge is -2.13. The molecule has 0 bridgehead atoms. The van der Waals surface area contributed by atoms with E-state index in [0.717, 1.165) is 23.7 Å². The molecule has 2 nitrogen and oxygen atoms in total. The van der Waals surface area contributed by atoms with E-state index >= 15 is 0 Å². The van der Waals surface area contributed by atoms with Crippen molar-refractivity contribution in [2.24, 2.45) is 0 Å². The molecule has 0 radical (unpaired) electrons. The van der Waals surface area contributed by atoms with Crippen molar-refractivity contribution in [1.29, 1.82) is 0 Å². The second-order valence-electron chi connectivity index (χ2n) is 5.38. The van der Waals surface area contributed by atoms with E-state index in [1.54, 1.807) is 6.08 Å². The molecular formula is C16H27BrO2. The molecule has 2 N–H and O–H groups in total. The number of alkyl halides is 1. The molecule has 0 aromatic carbocycles. The second-order valence-corrected chi connectivity index (χ2v) is 6.17. The predicted molar refractivity (Wildman–Crippen MR) is 84.9 cm³/mol. The van der Waals surface area contributed by atoms with Gasteiger partial charge in [-0.1, -0.05) is 54.5 Å². The zero-order chi connectivity index (χ0) is 13.9. The topological polar surface area (TPSA) is 40.5 Å². The van der Waals surface area contributed by atoms with Gasteiger partial charge in [0.15, 0.2) is 0 Å². The summed E-state index contributed by atoms with van der Waals surface area (Å²) < 4.78 is 0. The van der Waals surface area contributed by atoms with E-state index in [9.17, 15) is 10.2 Å². The molecule has 3 heteroatoms. The summed E-state index contributed by atoms with van der Waals surface area (Å²) in [6, 6.07) is 0. The summed E-state index contributed by atoms with van der Waals surface area (Å²) in [5.41, 5.74) is 0.945. The highest BCUT2D eigenvalue weighted by Gasteiger charge is 2.11. The van der Waals surface area contributed by atoms with Crippen LogP contribution in [0.15, 0.2) is 23.2 Å². The Bertz CT molecular complexity index is 308. The number of rotatable bonds is 10. The van der Waals surface area contributed by atoms with Crippen molar-refractivity contribution < 1.29 is 10.2 Å². The summed E-state index contributed by atoms with van der Waals surface area (Å²) in [5.74, 6) is 0.896. The molecule has 0 saturated carbocycles. The molecule has 0 unspecified atom stereocenters. The zero-order valence-electron chi connectivity index (χ0n) is 11.8. The molecule has 1 aliphatic rings. The van der Waals surface area contributed by atoms with E-state index < -0.39 is 0 Å². The number of hydrogen-bond acceptors (Lipinski definition) is 2. The van der Waals surface area contributed by atoms with Gasteiger partial charge in [-0.2, -0.15) is 0 Å². The molecule has 110 valence electrons. The van der Waals surface area contributed by atoms with Crippen molar-refractivity contribution >= 4 is 15.9 Å². The van der Waals surface area contributed by atoms with Gasteiger partial charge in [-0.25, -0.2) is 0 Å². The fourth-order valence-electron chi connectivity index (χ4n) is 2.45. The van der Waals surface area contributed by atoms with Crippen molar-refractivity contribution in [3.05, 3.63) is 23.2 Å². The summed E-state index contributed by atoms with van der Waals surface area (Å²) in [7, 11) is 0. The molecule has 0 saturated heterocycles. The fraction of sp³-hybridized carbons (Fsp3) is 0.750. The van der Waals surface area contributed by atoms with Crippen molar-refractivity contribution in [1.82, 2.24) is 0 Å². The number of aliphatic hydroxyl groups is 2. The maximum Gasteiger partial charge on any atom is 0.0960 e. The molecule has 0 aliphatic heterocycles. The zero-order valence-corrected chi connectivity index (χ0v) is 13.4. The SMILES string of the molecule is OC1=CC(CCCCCCCCCCBr)=C(O)CC1. The fourth-order valence-corrected chi connectivity index (χ4v) is 2.85. The summed E-state index contributed by atoms with van der Waals surface area (Å²) in [4.78, 5) is 0. The normalized spacial score (nSPS) is 15.7. The summed E-state index contributed by atoms with van der Waals surface area (Å²) >= 11 is 3.45. The maximum absolute atomic E-state index is 9.73. The van der Waals surface area contributed by atoms with Crippen LogP contribution >= 0.6 is 15.9 Å². The molecule has 0 atom stereocenters. The van der Waals surface area contributed by atoms with Gasteiger partial charge in [0.05, 0.1) is 11.5 Å². The van der Waals surface area contributed by atoms with Crippen LogP contribution in [0, 0.1) is 0 Å². The standard InChI is InChI=1S/C16H27BrO2/c17-12-8-6-4-2-1-3-5-7-9-14-13-15(18)10-11-16(14)19/h13,18-19H,1-12H2. The van der Waals surface area contributed by atoms with Crippen LogP contribution < -0.4 is 0 Å². The summed E-state index contributed by atoms with van der Waals surface area (Å²) in [6.45, 7) is 0. The number of halogens is 1. The Morgan fingerprint density at radius 1 is 0.842 bits per heavy atom. The largest absolute Gasteiger partial charge is 0.512 e. The van der Waals surface area contributed by atoms with Gasteiger partial charge in [0, 0.05) is 18.2 Å². The predicted octanol–water partition coefficient (Wildman–Crippen LogP) is 5.94. The molecular weight excluding hydrogens is 304 g/mol. The average molecular weight is 331 g/mol. The Labute approximate surface area is 125 Å². The Morgan fingerprint density at radius 3 is 2.05 bits per heavy atom. The van der Waals surface area contributed by atoms with E-state index in [2.05, 4.69) is 15.9 Å². The van der Waals surface area contributed by atoms with Crippen LogP contribution in [0.25, 0.3) is 0 Å². The van der Waals surface area contributed by atoms with Gasteiger partial charge in [-0.05, 0) is 30.9 Å². The Kier molecular flexibility index (Phi) is 9.06. The van der Waals surface area contributed by atoms with Crippen molar-refractivity contribution in [2.45, 2.75) is 70.6 Å². The Morgan fingerprint density at radius 2 is 1.42 bits per heavy atom. The third-order valence-electron chi connectivity index (χ3n) is 3.66. The third-order valence-corrected chi connectivity index (χ3v) is 4.22. The van der Waals surface area contributed by atoms with Crippen molar-refractivity contribution in [3.63, 3.8) is 0 Å². The highest BCUT2D eigenvalue weighted by atomic mass is 79.9. The van der Waals surface area contributed by atoms with Gasteiger partial charge in [0.2, 0.25) is 0 Å². The quantitative estimate of drug-likeness (QED) is 0.384. The molecule has 0 spiro atoms. The van der Waals surface area contributed by atoms with E-state index in [1.165, 1.54) is 44.9 Å². The minimum Gasteiger partial charge on any atom is -0.512 e. The molecule has 0 fully saturated rings. The van der Waals surface area contributed by atoms with Crippen molar-refractivity contribution in [3.8, 4) is 0 Å². The lowest BCUT2D eigenvalue weighted by molar-refractivity contribution is 0.335. The first-order chi connectivity index (χ1) is 9.24. The highest BCUT2D eigenvalue weighted by molar-refractivity contribution is 9.09. The van der Waals surface area contributed by atoms with Gasteiger partial charge < -0.3 is 10.2 Å². The van der Waals surface area contributed by atoms with Crippen LogP contribution in [0.2, 0.25) is 0 Å². The first-order valence-electron chi connectivity index (χ1n) is 7.60. The van der Waals surface area contributed by atoms with Crippen LogP contribution in [-0.2, 0) is 0 Å². The van der Waals surface area contributed by atoms with Gasteiger partial charge in [-0.15, -0.1) is 0 Å². The van der Waals surface area contributed by atoms with Gasteiger partial charge in [0.25, 0.3) is 0 Å². The van der Waals surface area contributed by atoms with Crippen LogP contribution in [0.4, 0.5) is 0 Å². The number of hydrogen-bond donors (Lipinski definition) is 2. The lowest BCUT2D eigenvalue weighted by Crippen LogP contribution is -1.99. The summed E-state index contributed by atoms with van der Waals surface area (Å²) in [5, 5.41) is 20.3. The van der Waals surface area contributed by atoms with Gasteiger partial charge in [0.1, 0.15) is 0 Å². The molecule has 1 rings (SSSR count). The minimum absolute atomic E-state index is 0.416. The first-order valence-corrected chi connectivity index (χ1v) is 8.72. The Hall–Kier alpha value is -0.440. The number of allylic oxidation sites excluding steroid dienone is 4. The molecule has 0 aromatic heterocycles. The minimum atomic E-state index is 0.416. The molecule has 0 aromatic rings. The van der Waals surface area contributed by atoms with E-state index in [4.69, 9.17) is 0 Å². The Balaban J connectivity index is 1.99. The molecule has 19 heavy (non-hydrogen) atoms. The van der Waals surface area contributed by atoms with Crippen LogP contribution in [-0.4, -0.2) is 15.5 Å². The van der Waals surface area contributed by atoms with E-state index in [-0.39, 0.29) is 0 Å². The number of aliphatic hydroxyl groups excluding tert-OH is 2. The smallest absolute Gasteiger partial charge is 0.0960 e. The highest BCUT2D eigenvalue weighted by Crippen LogP contribution is 2.24. The lowest BCUT2D eigenvalue weighted by atomic mass is 9.98. The monoisotopic (exact) mass is 330 g/mol. The number of unbranched alkanes of at least 4 members (excludes halogenated alkanes) is 7. The molecule has 1 aliphatic carbocycles. The molecule has 0 amide bonds. The molecule has 0 heterocycles. The van der Waals surface area contributed by atoms with Gasteiger partial charge >= 0.3 is 0 Å². The van der Waals surface area contributed by atoms with E-state index in [0.29, 0.717) is 24.4 Å². The maximum atomic E-state index is 9.73. The van der Waals surface area contributed by atoms with Crippen LogP contribution in [0.5, 0.6) is 0 Å². The van der Waals surface area contributed by atoms with Crippen LogP contribution in [0.3, 0.4) is 0 Å². The van der Waals surface area contributed by atoms with Crippen molar-refractivity contribution in [2.75, 3.05) is 5.33 Å². The van der Waals surface area contributed by atoms with Crippen LogP contribution in [0.1, 0.15) is 70.6 Å². The first kappa shape index (κ1) is 16.6. The second kappa shape index (κ2) is 10.4. The summed E-state index contributed by atoms with van der Waals surface area (Å²) in [6.07, 6.45) is 14.1. The average Bonchev–Trinajstić information content (AvgIpc) is 2.40.